The molecule has 0 amide bonds. The maximum absolute atomic E-state index is 13.4. The van der Waals surface area contributed by atoms with Gasteiger partial charge in [-0.2, -0.15) is 26.3 Å². The molecule has 0 spiro atoms. The molecule has 6 nitrogen and oxygen atoms in total. The van der Waals surface area contributed by atoms with Gasteiger partial charge in [0.25, 0.3) is 0 Å². The largest absolute Gasteiger partial charge is 0.416 e. The monoisotopic (exact) mass is 936 g/mol. The number of alkyl halides is 6. The van der Waals surface area contributed by atoms with Crippen LogP contribution < -0.4 is 0 Å². The van der Waals surface area contributed by atoms with Gasteiger partial charge in [-0.05, 0) is 83.6 Å². The Morgan fingerprint density at radius 1 is 0.348 bits per heavy atom. The van der Waals surface area contributed by atoms with Crippen LogP contribution in [0.1, 0.15) is 29.8 Å². The second kappa shape index (κ2) is 17.5. The molecule has 11 rings (SSSR count). The lowest BCUT2D eigenvalue weighted by molar-refractivity contribution is -0.138. The first-order valence-electron chi connectivity index (χ1n) is 21.9. The van der Waals surface area contributed by atoms with Gasteiger partial charge in [-0.1, -0.05) is 133 Å². The maximum Gasteiger partial charge on any atom is 0.416 e. The third-order valence-corrected chi connectivity index (χ3v) is 13.1. The molecule has 0 unspecified atom stereocenters. The zero-order chi connectivity index (χ0) is 47.3. The summed E-state index contributed by atoms with van der Waals surface area (Å²) in [5, 5.41) is 2.22. The number of fused-ring (bicyclic) bond motifs is 3. The van der Waals surface area contributed by atoms with Crippen molar-refractivity contribution in [1.82, 2.24) is 29.9 Å². The second-order valence-electron chi connectivity index (χ2n) is 16.4. The zero-order valence-corrected chi connectivity index (χ0v) is 36.9. The number of thiophene rings is 1. The van der Waals surface area contributed by atoms with Crippen LogP contribution in [-0.4, -0.2) is 29.9 Å². The highest BCUT2D eigenvalue weighted by molar-refractivity contribution is 7.25. The van der Waals surface area contributed by atoms with Gasteiger partial charge >= 0.3 is 12.4 Å². The van der Waals surface area contributed by atoms with Crippen molar-refractivity contribution >= 4 is 37.1 Å². The quantitative estimate of drug-likeness (QED) is 0.141. The van der Waals surface area contributed by atoms with Gasteiger partial charge < -0.3 is 0 Å². The third-order valence-electron chi connectivity index (χ3n) is 11.9. The van der Waals surface area contributed by atoms with Gasteiger partial charge in [0.05, 0.1) is 11.1 Å². The number of halogens is 6. The molecule has 7 aromatic carbocycles. The Kier molecular flexibility index (Phi) is 11.0. The molecule has 0 saturated carbocycles. The van der Waals surface area contributed by atoms with Crippen molar-refractivity contribution in [2.24, 2.45) is 0 Å². The van der Waals surface area contributed by atoms with E-state index in [1.54, 1.807) is 11.3 Å². The molecule has 0 aliphatic heterocycles. The molecule has 1 aliphatic carbocycles. The molecule has 0 atom stereocenters. The van der Waals surface area contributed by atoms with Crippen molar-refractivity contribution in [3.05, 3.63) is 199 Å². The van der Waals surface area contributed by atoms with Gasteiger partial charge in [-0.15, -0.1) is 11.3 Å². The Balaban J connectivity index is 0.889. The molecule has 0 radical (unpaired) electrons. The van der Waals surface area contributed by atoms with Crippen LogP contribution in [0.15, 0.2) is 182 Å². The van der Waals surface area contributed by atoms with Crippen molar-refractivity contribution in [3.63, 3.8) is 0 Å². The first kappa shape index (κ1) is 43.4. The van der Waals surface area contributed by atoms with Gasteiger partial charge in [-0.25, -0.2) is 29.9 Å². The van der Waals surface area contributed by atoms with E-state index in [0.717, 1.165) is 102 Å². The summed E-state index contributed by atoms with van der Waals surface area (Å²) in [6.07, 6.45) is -1.13. The van der Waals surface area contributed by atoms with E-state index in [9.17, 15) is 26.3 Å². The molecule has 336 valence electrons. The maximum atomic E-state index is 13.4. The van der Waals surface area contributed by atoms with Crippen LogP contribution in [0.3, 0.4) is 0 Å². The highest BCUT2D eigenvalue weighted by Crippen LogP contribution is 2.40. The summed E-state index contributed by atoms with van der Waals surface area (Å²) in [5.74, 6) is 2.20. The lowest BCUT2D eigenvalue weighted by atomic mass is 9.99. The summed E-state index contributed by atoms with van der Waals surface area (Å²) in [5.41, 5.74) is 6.43. The van der Waals surface area contributed by atoms with E-state index in [1.807, 2.05) is 91.0 Å². The number of aromatic nitrogens is 6. The molecule has 3 aromatic heterocycles. The predicted octanol–water partition coefficient (Wildman–Crippen LogP) is 15.9. The van der Waals surface area contributed by atoms with Crippen molar-refractivity contribution in [2.45, 2.75) is 25.2 Å². The summed E-state index contributed by atoms with van der Waals surface area (Å²) in [4.78, 5) is 28.4. The fourth-order valence-electron chi connectivity index (χ4n) is 8.27. The fraction of sp³-hybridized carbons (Fsp3) is 0.0714. The number of rotatable bonds is 8. The molecule has 10 aromatic rings. The normalized spacial score (nSPS) is 13.0. The molecule has 0 bridgehead atoms. The highest BCUT2D eigenvalue weighted by atomic mass is 32.1. The van der Waals surface area contributed by atoms with Gasteiger partial charge in [0, 0.05) is 53.6 Å². The number of allylic oxidation sites excluding steroid dienone is 4. The van der Waals surface area contributed by atoms with E-state index < -0.39 is 23.5 Å². The van der Waals surface area contributed by atoms with E-state index in [2.05, 4.69) is 52.4 Å². The van der Waals surface area contributed by atoms with Crippen molar-refractivity contribution in [1.29, 1.82) is 0 Å². The molecule has 1 aliphatic rings. The molecule has 13 heteroatoms. The van der Waals surface area contributed by atoms with Gasteiger partial charge in [0.15, 0.2) is 34.9 Å². The molecule has 3 heterocycles. The standard InChI is InChI=1S/C56H34F6N6S/c57-55(58,59)43-25-19-39(20-26-43)53-65-49(35-7-3-1-4-8-35)63-51(67-53)37-15-11-33(12-16-37)41-23-29-47-45(31-41)46-32-42(24-30-48(46)69-47)34-13-17-38(18-14-34)52-64-50(36-9-5-2-6-10-36)66-54(68-52)40-21-27-44(28-22-40)56(60,61)62/h1,3-5,7-32H,2,6H2. The average molecular weight is 937 g/mol. The first-order chi connectivity index (χ1) is 33.4. The minimum absolute atomic E-state index is 0.261. The highest BCUT2D eigenvalue weighted by Gasteiger charge is 2.31. The number of benzene rings is 7. The Bertz CT molecular complexity index is 3600. The number of nitrogens with zero attached hydrogens (tertiary/aromatic N) is 6. The van der Waals surface area contributed by atoms with E-state index >= 15 is 0 Å². The minimum atomic E-state index is -4.47. The van der Waals surface area contributed by atoms with Gasteiger partial charge in [0.1, 0.15) is 0 Å². The lowest BCUT2D eigenvalue weighted by Crippen LogP contribution is -2.05. The number of hydrogen-bond donors (Lipinski definition) is 0. The summed E-state index contributed by atoms with van der Waals surface area (Å²) in [6, 6.07) is 47.7. The predicted molar refractivity (Wildman–Crippen MR) is 261 cm³/mol. The smallest absolute Gasteiger partial charge is 0.208 e. The summed E-state index contributed by atoms with van der Waals surface area (Å²) >= 11 is 1.72. The van der Waals surface area contributed by atoms with Crippen LogP contribution in [0.5, 0.6) is 0 Å². The molecular weight excluding hydrogens is 903 g/mol. The fourth-order valence-corrected chi connectivity index (χ4v) is 9.34. The lowest BCUT2D eigenvalue weighted by Gasteiger charge is -2.12. The zero-order valence-electron chi connectivity index (χ0n) is 36.1. The van der Waals surface area contributed by atoms with E-state index in [1.165, 1.54) is 24.3 Å². The van der Waals surface area contributed by atoms with E-state index in [-0.39, 0.29) is 11.6 Å². The second-order valence-corrected chi connectivity index (χ2v) is 17.5. The Morgan fingerprint density at radius 2 is 0.696 bits per heavy atom. The summed E-state index contributed by atoms with van der Waals surface area (Å²) in [6.45, 7) is 0. The van der Waals surface area contributed by atoms with E-state index in [4.69, 9.17) is 19.9 Å². The van der Waals surface area contributed by atoms with E-state index in [0.29, 0.717) is 34.4 Å². The minimum Gasteiger partial charge on any atom is -0.208 e. The summed E-state index contributed by atoms with van der Waals surface area (Å²) in [7, 11) is 0. The SMILES string of the molecule is FC(F)(F)c1ccc(-c2nc(C3=CCCC=C3)nc(-c3ccc(-c4ccc5sc6ccc(-c7ccc(-c8nc(-c9ccccc9)nc(-c9ccc(C(F)(F)F)cc9)n8)cc7)cc6c5c4)cc3)n2)cc1. The van der Waals surface area contributed by atoms with Crippen molar-refractivity contribution in [2.75, 3.05) is 0 Å². The van der Waals surface area contributed by atoms with Crippen LogP contribution in [-0.2, 0) is 12.4 Å². The van der Waals surface area contributed by atoms with Gasteiger partial charge in [-0.3, -0.25) is 0 Å². The van der Waals surface area contributed by atoms with Crippen LogP contribution in [0.25, 0.3) is 105 Å². The Labute approximate surface area is 395 Å². The first-order valence-corrected chi connectivity index (χ1v) is 22.7. The van der Waals surface area contributed by atoms with Crippen LogP contribution in [0.2, 0.25) is 0 Å². The van der Waals surface area contributed by atoms with Crippen molar-refractivity contribution < 1.29 is 26.3 Å². The van der Waals surface area contributed by atoms with Crippen molar-refractivity contribution in [3.8, 4) is 79.2 Å². The van der Waals surface area contributed by atoms with Crippen LogP contribution in [0.4, 0.5) is 26.3 Å². The molecule has 69 heavy (non-hydrogen) atoms. The van der Waals surface area contributed by atoms with Gasteiger partial charge in [0.2, 0.25) is 0 Å². The Hall–Kier alpha value is -8.16. The molecule has 0 N–H and O–H groups in total. The topological polar surface area (TPSA) is 77.3 Å². The third kappa shape index (κ3) is 8.92. The Morgan fingerprint density at radius 3 is 1.07 bits per heavy atom. The number of hydrogen-bond acceptors (Lipinski definition) is 7. The van der Waals surface area contributed by atoms with Crippen LogP contribution in [0, 0.1) is 0 Å². The molecular formula is C56H34F6N6S. The molecule has 0 fully saturated rings. The van der Waals surface area contributed by atoms with Crippen LogP contribution >= 0.6 is 11.3 Å². The average Bonchev–Trinajstić information content (AvgIpc) is 3.76. The summed E-state index contributed by atoms with van der Waals surface area (Å²) < 4.78 is 82.5. The molecule has 0 saturated heterocycles.